The molecule has 0 saturated carbocycles. The Bertz CT molecular complexity index is 925. The van der Waals surface area contributed by atoms with Crippen LogP contribution in [0, 0.1) is 0 Å². The van der Waals surface area contributed by atoms with Crippen LogP contribution in [-0.2, 0) is 27.7 Å². The molecule has 2 atom stereocenters. The Morgan fingerprint density at radius 1 is 1.37 bits per heavy atom. The molecule has 1 N–H and O–H groups in total. The lowest BCUT2D eigenvalue weighted by molar-refractivity contribution is 0.102. The molecule has 2 aliphatic heterocycles. The molecule has 146 valence electrons. The molecule has 0 radical (unpaired) electrons. The number of hydrogen-bond donors (Lipinski definition) is 1. The molecule has 3 heterocycles. The summed E-state index contributed by atoms with van der Waals surface area (Å²) < 4.78 is 36.5. The number of benzene rings is 1. The minimum absolute atomic E-state index is 0.293. The van der Waals surface area contributed by atoms with Gasteiger partial charge in [0, 0.05) is 44.2 Å². The maximum atomic E-state index is 13.0. The van der Waals surface area contributed by atoms with Crippen LogP contribution in [0.25, 0.3) is 0 Å². The van der Waals surface area contributed by atoms with E-state index >= 15 is 0 Å². The van der Waals surface area contributed by atoms with Crippen molar-refractivity contribution in [2.45, 2.75) is 49.8 Å². The Labute approximate surface area is 160 Å². The van der Waals surface area contributed by atoms with E-state index in [1.807, 2.05) is 30.9 Å². The number of aryl methyl sites for hydroxylation is 2. The van der Waals surface area contributed by atoms with Gasteiger partial charge in [0.15, 0.2) is 0 Å². The molecular weight excluding hydrogens is 364 g/mol. The lowest BCUT2D eigenvalue weighted by Gasteiger charge is -2.28. The van der Waals surface area contributed by atoms with E-state index in [2.05, 4.69) is 14.7 Å². The van der Waals surface area contributed by atoms with E-state index < -0.39 is 10.0 Å². The van der Waals surface area contributed by atoms with Crippen LogP contribution in [0.5, 0.6) is 0 Å². The summed E-state index contributed by atoms with van der Waals surface area (Å²) in [6, 6.07) is 5.14. The molecule has 0 bridgehead atoms. The molecule has 1 aromatic carbocycles. The van der Waals surface area contributed by atoms with E-state index in [1.165, 1.54) is 5.56 Å². The number of sulfonamides is 1. The maximum absolute atomic E-state index is 13.0. The van der Waals surface area contributed by atoms with E-state index in [0.717, 1.165) is 37.2 Å². The van der Waals surface area contributed by atoms with Gasteiger partial charge in [-0.3, -0.25) is 4.68 Å². The van der Waals surface area contributed by atoms with Crippen LogP contribution < -0.4 is 9.62 Å². The van der Waals surface area contributed by atoms with Gasteiger partial charge in [0.1, 0.15) is 6.10 Å². The quantitative estimate of drug-likeness (QED) is 0.846. The Balaban J connectivity index is 1.56. The minimum Gasteiger partial charge on any atom is -0.374 e. The second-order valence-corrected chi connectivity index (χ2v) is 8.97. The summed E-state index contributed by atoms with van der Waals surface area (Å²) in [5.74, 6) is 0. The molecule has 0 unspecified atom stereocenters. The van der Waals surface area contributed by atoms with Crippen LogP contribution in [-0.4, -0.2) is 44.4 Å². The summed E-state index contributed by atoms with van der Waals surface area (Å²) in [6.45, 7) is 4.26. The second kappa shape index (κ2) is 7.26. The monoisotopic (exact) mass is 390 g/mol. The summed E-state index contributed by atoms with van der Waals surface area (Å²) in [4.78, 5) is 2.43. The largest absolute Gasteiger partial charge is 0.374 e. The van der Waals surface area contributed by atoms with Crippen LogP contribution in [0.4, 0.5) is 5.69 Å². The van der Waals surface area contributed by atoms with Gasteiger partial charge in [-0.1, -0.05) is 6.07 Å². The average molecular weight is 391 g/mol. The molecule has 0 spiro atoms. The van der Waals surface area contributed by atoms with Crippen molar-refractivity contribution in [3.8, 4) is 0 Å². The predicted octanol–water partition coefficient (Wildman–Crippen LogP) is 2.09. The van der Waals surface area contributed by atoms with Gasteiger partial charge in [-0.2, -0.15) is 5.10 Å². The molecule has 7 nitrogen and oxygen atoms in total. The van der Waals surface area contributed by atoms with Crippen LogP contribution in [0.15, 0.2) is 35.5 Å². The lowest BCUT2D eigenvalue weighted by Crippen LogP contribution is -2.37. The Morgan fingerprint density at radius 2 is 2.22 bits per heavy atom. The first-order valence-electron chi connectivity index (χ1n) is 9.48. The molecule has 4 rings (SSSR count). The zero-order valence-corrected chi connectivity index (χ0v) is 16.6. The Hall–Kier alpha value is -1.90. The van der Waals surface area contributed by atoms with Gasteiger partial charge in [0.2, 0.25) is 10.0 Å². The third-order valence-corrected chi connectivity index (χ3v) is 6.91. The van der Waals surface area contributed by atoms with Crippen LogP contribution in [0.3, 0.4) is 0 Å². The van der Waals surface area contributed by atoms with Crippen molar-refractivity contribution in [3.05, 3.63) is 41.7 Å². The molecule has 0 aliphatic carbocycles. The lowest BCUT2D eigenvalue weighted by atomic mass is 10.0. The Kier molecular flexibility index (Phi) is 4.96. The fraction of sp³-hybridized carbons (Fsp3) is 0.526. The number of anilines is 1. The van der Waals surface area contributed by atoms with E-state index in [-0.39, 0.29) is 12.1 Å². The third kappa shape index (κ3) is 3.61. The fourth-order valence-electron chi connectivity index (χ4n) is 3.91. The van der Waals surface area contributed by atoms with Crippen LogP contribution >= 0.6 is 0 Å². The average Bonchev–Trinajstić information content (AvgIpc) is 3.30. The van der Waals surface area contributed by atoms with Gasteiger partial charge in [-0.05, 0) is 43.9 Å². The van der Waals surface area contributed by atoms with Gasteiger partial charge in [-0.25, -0.2) is 13.1 Å². The van der Waals surface area contributed by atoms with Crippen molar-refractivity contribution in [1.29, 1.82) is 0 Å². The number of ether oxygens (including phenoxy) is 1. The fourth-order valence-corrected chi connectivity index (χ4v) is 5.20. The highest BCUT2D eigenvalue weighted by molar-refractivity contribution is 7.89. The molecule has 1 fully saturated rings. The summed E-state index contributed by atoms with van der Waals surface area (Å²) >= 11 is 0. The van der Waals surface area contributed by atoms with Gasteiger partial charge in [-0.15, -0.1) is 0 Å². The first-order chi connectivity index (χ1) is 13.0. The van der Waals surface area contributed by atoms with Gasteiger partial charge in [0.25, 0.3) is 0 Å². The molecule has 0 amide bonds. The molecule has 1 aromatic heterocycles. The summed E-state index contributed by atoms with van der Waals surface area (Å²) in [7, 11) is -1.62. The molecular formula is C19H26N4O3S. The van der Waals surface area contributed by atoms with E-state index in [0.29, 0.717) is 17.9 Å². The van der Waals surface area contributed by atoms with Gasteiger partial charge < -0.3 is 9.64 Å². The molecule has 27 heavy (non-hydrogen) atoms. The number of rotatable bonds is 5. The zero-order valence-electron chi connectivity index (χ0n) is 15.8. The van der Waals surface area contributed by atoms with E-state index in [1.54, 1.807) is 18.3 Å². The zero-order chi connectivity index (χ0) is 19.0. The van der Waals surface area contributed by atoms with E-state index in [4.69, 9.17) is 4.74 Å². The Morgan fingerprint density at radius 3 is 3.00 bits per heavy atom. The van der Waals surface area contributed by atoms with E-state index in [9.17, 15) is 8.42 Å². The SMILES string of the molecule is CCn1cc([C@H]2OCC[C@@H]2NS(=O)(=O)c2ccc3c(c2)N(C)CCC3)cn1. The highest BCUT2D eigenvalue weighted by Gasteiger charge is 2.34. The normalized spacial score (nSPS) is 22.8. The number of nitrogens with zero attached hydrogens (tertiary/aromatic N) is 3. The number of aromatic nitrogens is 2. The van der Waals surface area contributed by atoms with Crippen molar-refractivity contribution in [1.82, 2.24) is 14.5 Å². The molecule has 2 aliphatic rings. The third-order valence-electron chi connectivity index (χ3n) is 5.42. The standard InChI is InChI=1S/C19H26N4O3S/c1-3-23-13-15(12-20-23)19-17(8-10-26-19)21-27(24,25)16-7-6-14-5-4-9-22(2)18(14)11-16/h6-7,11-13,17,19,21H,3-5,8-10H2,1-2H3/t17-,19+/m0/s1. The maximum Gasteiger partial charge on any atom is 0.240 e. The first-order valence-corrected chi connectivity index (χ1v) is 11.0. The van der Waals surface area contributed by atoms with Gasteiger partial charge >= 0.3 is 0 Å². The second-order valence-electron chi connectivity index (χ2n) is 7.25. The van der Waals surface area contributed by atoms with Crippen molar-refractivity contribution in [2.75, 3.05) is 25.1 Å². The number of fused-ring (bicyclic) bond motifs is 1. The number of hydrogen-bond acceptors (Lipinski definition) is 5. The highest BCUT2D eigenvalue weighted by Crippen LogP contribution is 2.32. The van der Waals surface area contributed by atoms with Crippen molar-refractivity contribution in [2.24, 2.45) is 0 Å². The summed E-state index contributed by atoms with van der Waals surface area (Å²) in [5, 5.41) is 4.28. The van der Waals surface area contributed by atoms with Gasteiger partial charge in [0.05, 0.1) is 17.1 Å². The molecule has 1 saturated heterocycles. The predicted molar refractivity (Wildman–Crippen MR) is 103 cm³/mol. The molecule has 2 aromatic rings. The number of nitrogens with one attached hydrogen (secondary N) is 1. The summed E-state index contributed by atoms with van der Waals surface area (Å²) in [6.07, 6.45) is 6.11. The minimum atomic E-state index is -3.62. The van der Waals surface area contributed by atoms with Crippen LogP contribution in [0.2, 0.25) is 0 Å². The van der Waals surface area contributed by atoms with Crippen molar-refractivity contribution in [3.63, 3.8) is 0 Å². The smallest absolute Gasteiger partial charge is 0.240 e. The molecule has 8 heteroatoms. The topological polar surface area (TPSA) is 76.5 Å². The summed E-state index contributed by atoms with van der Waals surface area (Å²) in [5.41, 5.74) is 3.12. The van der Waals surface area contributed by atoms with Crippen LogP contribution in [0.1, 0.15) is 37.0 Å². The first kappa shape index (κ1) is 18.5. The van der Waals surface area contributed by atoms with Crippen molar-refractivity contribution < 1.29 is 13.2 Å². The highest BCUT2D eigenvalue weighted by atomic mass is 32.2. The van der Waals surface area contributed by atoms with Crippen molar-refractivity contribution >= 4 is 15.7 Å².